The van der Waals surface area contributed by atoms with Crippen LogP contribution in [0, 0.1) is 5.82 Å². The highest BCUT2D eigenvalue weighted by atomic mass is 19.1. The van der Waals surface area contributed by atoms with Gasteiger partial charge < -0.3 is 15.1 Å². The number of hydrogen-bond donors (Lipinski definition) is 2. The van der Waals surface area contributed by atoms with Crippen LogP contribution in [-0.4, -0.2) is 41.4 Å². The van der Waals surface area contributed by atoms with Crippen molar-refractivity contribution in [3.8, 4) is 0 Å². The predicted octanol–water partition coefficient (Wildman–Crippen LogP) is 1.56. The topological polar surface area (TPSA) is 43.7 Å². The zero-order valence-corrected chi connectivity index (χ0v) is 10.3. The molecule has 0 fully saturated rings. The molecule has 2 atom stereocenters. The van der Waals surface area contributed by atoms with Crippen LogP contribution in [0.15, 0.2) is 24.3 Å². The zero-order chi connectivity index (χ0) is 12.8. The summed E-state index contributed by atoms with van der Waals surface area (Å²) < 4.78 is 13.4. The number of hydrogen-bond acceptors (Lipinski definition) is 3. The maximum atomic E-state index is 13.4. The van der Waals surface area contributed by atoms with Gasteiger partial charge in [-0.15, -0.1) is 0 Å². The second kappa shape index (κ2) is 6.69. The minimum atomic E-state index is -0.798. The molecular formula is C13H20FNO2. The molecule has 0 aliphatic heterocycles. The van der Waals surface area contributed by atoms with Crippen LogP contribution in [0.4, 0.5) is 4.39 Å². The maximum absolute atomic E-state index is 13.4. The first-order chi connectivity index (χ1) is 8.00. The Bertz CT molecular complexity index is 344. The van der Waals surface area contributed by atoms with Crippen LogP contribution in [-0.2, 0) is 0 Å². The molecule has 1 aromatic carbocycles. The van der Waals surface area contributed by atoms with Crippen LogP contribution in [0.5, 0.6) is 0 Å². The van der Waals surface area contributed by atoms with Gasteiger partial charge in [0.25, 0.3) is 0 Å². The number of rotatable bonds is 6. The lowest BCUT2D eigenvalue weighted by molar-refractivity contribution is 0.114. The van der Waals surface area contributed by atoms with Crippen molar-refractivity contribution < 1.29 is 14.6 Å². The van der Waals surface area contributed by atoms with Gasteiger partial charge in [0.15, 0.2) is 0 Å². The fraction of sp³-hybridized carbons (Fsp3) is 0.538. The van der Waals surface area contributed by atoms with E-state index in [1.165, 1.54) is 6.07 Å². The third-order valence-corrected chi connectivity index (χ3v) is 2.62. The average molecular weight is 241 g/mol. The van der Waals surface area contributed by atoms with E-state index in [9.17, 15) is 14.6 Å². The molecule has 0 radical (unpaired) electrons. The van der Waals surface area contributed by atoms with Crippen LogP contribution < -0.4 is 0 Å². The van der Waals surface area contributed by atoms with Crippen molar-refractivity contribution in [1.29, 1.82) is 0 Å². The van der Waals surface area contributed by atoms with Gasteiger partial charge in [-0.05, 0) is 26.5 Å². The van der Waals surface area contributed by atoms with E-state index in [-0.39, 0.29) is 5.82 Å². The summed E-state index contributed by atoms with van der Waals surface area (Å²) in [6.45, 7) is 2.87. The van der Waals surface area contributed by atoms with Crippen molar-refractivity contribution in [2.24, 2.45) is 0 Å². The van der Waals surface area contributed by atoms with Crippen molar-refractivity contribution in [2.75, 3.05) is 20.1 Å². The molecule has 0 aromatic heterocycles. The Morgan fingerprint density at radius 3 is 2.53 bits per heavy atom. The van der Waals surface area contributed by atoms with Gasteiger partial charge >= 0.3 is 0 Å². The van der Waals surface area contributed by atoms with E-state index >= 15 is 0 Å². The highest BCUT2D eigenvalue weighted by Gasteiger charge is 2.13. The molecule has 2 N–H and O–H groups in total. The first-order valence-corrected chi connectivity index (χ1v) is 5.79. The van der Waals surface area contributed by atoms with Crippen LogP contribution in [0.1, 0.15) is 25.0 Å². The van der Waals surface area contributed by atoms with E-state index in [1.807, 2.05) is 11.9 Å². The first-order valence-electron chi connectivity index (χ1n) is 5.79. The maximum Gasteiger partial charge on any atom is 0.128 e. The molecule has 17 heavy (non-hydrogen) atoms. The SMILES string of the molecule is CC(O)CN(C)CCC(O)c1ccccc1F. The van der Waals surface area contributed by atoms with Crippen LogP contribution >= 0.6 is 0 Å². The fourth-order valence-electron chi connectivity index (χ4n) is 1.79. The zero-order valence-electron chi connectivity index (χ0n) is 10.3. The Morgan fingerprint density at radius 1 is 1.29 bits per heavy atom. The van der Waals surface area contributed by atoms with Crippen LogP contribution in [0.25, 0.3) is 0 Å². The second-order valence-electron chi connectivity index (χ2n) is 4.44. The number of nitrogens with zero attached hydrogens (tertiary/aromatic N) is 1. The molecule has 0 saturated carbocycles. The lowest BCUT2D eigenvalue weighted by Crippen LogP contribution is -2.29. The first kappa shape index (κ1) is 14.1. The Balaban J connectivity index is 2.45. The quantitative estimate of drug-likeness (QED) is 0.794. The molecule has 0 aliphatic carbocycles. The molecule has 0 aliphatic rings. The second-order valence-corrected chi connectivity index (χ2v) is 4.44. The third kappa shape index (κ3) is 4.81. The number of likely N-dealkylation sites (N-methyl/N-ethyl adjacent to an activating group) is 1. The summed E-state index contributed by atoms with van der Waals surface area (Å²) in [6.07, 6.45) is -0.747. The third-order valence-electron chi connectivity index (χ3n) is 2.62. The van der Waals surface area contributed by atoms with Gasteiger partial charge in [0.2, 0.25) is 0 Å². The molecule has 96 valence electrons. The fourth-order valence-corrected chi connectivity index (χ4v) is 1.79. The Hall–Kier alpha value is -0.970. The molecule has 0 bridgehead atoms. The van der Waals surface area contributed by atoms with Crippen molar-refractivity contribution in [3.05, 3.63) is 35.6 Å². The number of aliphatic hydroxyl groups is 2. The number of halogens is 1. The van der Waals surface area contributed by atoms with E-state index in [2.05, 4.69) is 0 Å². The lowest BCUT2D eigenvalue weighted by Gasteiger charge is -2.20. The molecule has 2 unspecified atom stereocenters. The van der Waals surface area contributed by atoms with Crippen LogP contribution in [0.3, 0.4) is 0 Å². The minimum Gasteiger partial charge on any atom is -0.392 e. The van der Waals surface area contributed by atoms with Gasteiger partial charge in [-0.25, -0.2) is 4.39 Å². The van der Waals surface area contributed by atoms with Crippen molar-refractivity contribution in [1.82, 2.24) is 4.90 Å². The Morgan fingerprint density at radius 2 is 1.94 bits per heavy atom. The average Bonchev–Trinajstić information content (AvgIpc) is 2.25. The smallest absolute Gasteiger partial charge is 0.128 e. The Kier molecular flexibility index (Phi) is 5.55. The lowest BCUT2D eigenvalue weighted by atomic mass is 10.1. The Labute approximate surface area is 101 Å². The minimum absolute atomic E-state index is 0.331. The molecule has 0 saturated heterocycles. The monoisotopic (exact) mass is 241 g/mol. The predicted molar refractivity (Wildman–Crippen MR) is 65.2 cm³/mol. The molecule has 4 heteroatoms. The molecule has 1 aromatic rings. The van der Waals surface area contributed by atoms with E-state index in [0.717, 1.165) is 0 Å². The van der Waals surface area contributed by atoms with Gasteiger partial charge in [-0.3, -0.25) is 0 Å². The summed E-state index contributed by atoms with van der Waals surface area (Å²) >= 11 is 0. The summed E-state index contributed by atoms with van der Waals surface area (Å²) in [7, 11) is 1.86. The van der Waals surface area contributed by atoms with Crippen LogP contribution in [0.2, 0.25) is 0 Å². The highest BCUT2D eigenvalue weighted by molar-refractivity contribution is 5.19. The normalized spacial score (nSPS) is 14.9. The number of benzene rings is 1. The van der Waals surface area contributed by atoms with E-state index in [1.54, 1.807) is 25.1 Å². The highest BCUT2D eigenvalue weighted by Crippen LogP contribution is 2.19. The summed E-state index contributed by atoms with van der Waals surface area (Å²) in [5.41, 5.74) is 0.331. The van der Waals surface area contributed by atoms with Gasteiger partial charge in [0, 0.05) is 18.7 Å². The standard InChI is InChI=1S/C13H20FNO2/c1-10(16)9-15(2)8-7-13(17)11-5-3-4-6-12(11)14/h3-6,10,13,16-17H,7-9H2,1-2H3. The molecule has 0 heterocycles. The van der Waals surface area contributed by atoms with Crippen molar-refractivity contribution >= 4 is 0 Å². The summed E-state index contributed by atoms with van der Waals surface area (Å²) in [5, 5.41) is 19.0. The summed E-state index contributed by atoms with van der Waals surface area (Å²) in [5.74, 6) is -0.377. The molecule has 3 nitrogen and oxygen atoms in total. The summed E-state index contributed by atoms with van der Waals surface area (Å²) in [6, 6.07) is 6.25. The largest absolute Gasteiger partial charge is 0.392 e. The van der Waals surface area contributed by atoms with Gasteiger partial charge in [-0.2, -0.15) is 0 Å². The van der Waals surface area contributed by atoms with Gasteiger partial charge in [0.05, 0.1) is 12.2 Å². The summed E-state index contributed by atoms with van der Waals surface area (Å²) in [4.78, 5) is 1.91. The molecule has 0 amide bonds. The van der Waals surface area contributed by atoms with E-state index in [4.69, 9.17) is 0 Å². The van der Waals surface area contributed by atoms with E-state index < -0.39 is 12.2 Å². The molecular weight excluding hydrogens is 221 g/mol. The molecule has 1 rings (SSSR count). The van der Waals surface area contributed by atoms with Crippen molar-refractivity contribution in [3.63, 3.8) is 0 Å². The number of aliphatic hydroxyl groups excluding tert-OH is 2. The van der Waals surface area contributed by atoms with Crippen molar-refractivity contribution in [2.45, 2.75) is 25.6 Å². The molecule has 0 spiro atoms. The van der Waals surface area contributed by atoms with Gasteiger partial charge in [-0.1, -0.05) is 18.2 Å². The van der Waals surface area contributed by atoms with E-state index in [0.29, 0.717) is 25.1 Å². The van der Waals surface area contributed by atoms with Gasteiger partial charge in [0.1, 0.15) is 5.82 Å².